The Labute approximate surface area is 121 Å². The normalized spacial score (nSPS) is 11.6. The summed E-state index contributed by atoms with van der Waals surface area (Å²) in [6.45, 7) is 6.40. The Hall–Kier alpha value is -0.0500. The molecule has 0 radical (unpaired) electrons. The second kappa shape index (κ2) is 10.8. The topological polar surface area (TPSA) is 29.1 Å². The van der Waals surface area contributed by atoms with Crippen molar-refractivity contribution in [1.82, 2.24) is 5.32 Å². The number of halogens is 1. The van der Waals surface area contributed by atoms with E-state index in [9.17, 15) is 4.79 Å². The fraction of sp³-hybridized carbons (Fsp3) is 0.933. The first kappa shape index (κ1) is 17.9. The lowest BCUT2D eigenvalue weighted by molar-refractivity contribution is -0.122. The minimum Gasteiger partial charge on any atom is -0.351 e. The molecule has 0 aromatic carbocycles. The zero-order chi connectivity index (χ0) is 13.9. The minimum absolute atomic E-state index is 0.0816. The summed E-state index contributed by atoms with van der Waals surface area (Å²) < 4.78 is 0. The molecule has 0 aromatic heterocycles. The maximum absolute atomic E-state index is 11.7. The van der Waals surface area contributed by atoms with E-state index in [0.29, 0.717) is 6.42 Å². The number of nitrogens with one attached hydrogen (secondary N) is 1. The van der Waals surface area contributed by atoms with Crippen molar-refractivity contribution in [2.75, 3.05) is 5.33 Å². The molecule has 108 valence electrons. The van der Waals surface area contributed by atoms with Crippen molar-refractivity contribution in [3.05, 3.63) is 0 Å². The number of unbranched alkanes of at least 4 members (excludes halogenated alkanes) is 6. The van der Waals surface area contributed by atoms with Gasteiger partial charge in [-0.25, -0.2) is 0 Å². The van der Waals surface area contributed by atoms with Crippen LogP contribution in [0.25, 0.3) is 0 Å². The molecule has 0 aliphatic heterocycles. The molecule has 0 saturated carbocycles. The quantitative estimate of drug-likeness (QED) is 0.430. The van der Waals surface area contributed by atoms with Crippen LogP contribution >= 0.6 is 15.9 Å². The van der Waals surface area contributed by atoms with Crippen LogP contribution in [0.15, 0.2) is 0 Å². The SMILES string of the molecule is CCCCCCCCCC(=O)NC(C)(C)CCBr. The average Bonchev–Trinajstić information content (AvgIpc) is 2.27. The third kappa shape index (κ3) is 11.1. The van der Waals surface area contributed by atoms with E-state index in [4.69, 9.17) is 0 Å². The van der Waals surface area contributed by atoms with Gasteiger partial charge in [-0.3, -0.25) is 4.79 Å². The van der Waals surface area contributed by atoms with E-state index in [0.717, 1.165) is 18.2 Å². The predicted molar refractivity (Wildman–Crippen MR) is 83.2 cm³/mol. The Balaban J connectivity index is 3.48. The Morgan fingerprint density at radius 2 is 1.61 bits per heavy atom. The lowest BCUT2D eigenvalue weighted by Crippen LogP contribution is -2.43. The maximum atomic E-state index is 11.7. The van der Waals surface area contributed by atoms with Crippen LogP contribution in [0, 0.1) is 0 Å². The Morgan fingerprint density at radius 3 is 2.17 bits per heavy atom. The summed E-state index contributed by atoms with van der Waals surface area (Å²) in [5, 5.41) is 4.03. The molecule has 3 heteroatoms. The van der Waals surface area contributed by atoms with Crippen molar-refractivity contribution < 1.29 is 4.79 Å². The van der Waals surface area contributed by atoms with Crippen molar-refractivity contribution >= 4 is 21.8 Å². The molecule has 0 aromatic rings. The van der Waals surface area contributed by atoms with Gasteiger partial charge in [0.05, 0.1) is 0 Å². The Morgan fingerprint density at radius 1 is 1.06 bits per heavy atom. The molecule has 0 unspecified atom stereocenters. The van der Waals surface area contributed by atoms with Crippen LogP contribution in [-0.4, -0.2) is 16.8 Å². The first-order chi connectivity index (χ1) is 8.52. The smallest absolute Gasteiger partial charge is 0.220 e. The van der Waals surface area contributed by atoms with E-state index in [-0.39, 0.29) is 11.4 Å². The lowest BCUT2D eigenvalue weighted by atomic mass is 10.0. The van der Waals surface area contributed by atoms with Gasteiger partial charge in [-0.1, -0.05) is 61.4 Å². The number of hydrogen-bond acceptors (Lipinski definition) is 1. The highest BCUT2D eigenvalue weighted by Crippen LogP contribution is 2.12. The number of hydrogen-bond donors (Lipinski definition) is 1. The molecule has 18 heavy (non-hydrogen) atoms. The monoisotopic (exact) mass is 319 g/mol. The van der Waals surface area contributed by atoms with Gasteiger partial charge in [0, 0.05) is 17.3 Å². The van der Waals surface area contributed by atoms with E-state index in [1.165, 1.54) is 38.5 Å². The number of rotatable bonds is 11. The van der Waals surface area contributed by atoms with Crippen LogP contribution in [-0.2, 0) is 4.79 Å². The molecule has 0 spiro atoms. The minimum atomic E-state index is -0.0816. The zero-order valence-corrected chi connectivity index (χ0v) is 13.9. The molecule has 1 N–H and O–H groups in total. The van der Waals surface area contributed by atoms with Gasteiger partial charge in [-0.2, -0.15) is 0 Å². The molecule has 0 fully saturated rings. The molecule has 1 amide bonds. The van der Waals surface area contributed by atoms with E-state index >= 15 is 0 Å². The van der Waals surface area contributed by atoms with Crippen LogP contribution in [0.4, 0.5) is 0 Å². The van der Waals surface area contributed by atoms with Crippen molar-refractivity contribution in [3.8, 4) is 0 Å². The summed E-state index contributed by atoms with van der Waals surface area (Å²) in [6.07, 6.45) is 10.5. The molecule has 0 rings (SSSR count). The Kier molecular flexibility index (Phi) is 10.8. The van der Waals surface area contributed by atoms with E-state index in [2.05, 4.69) is 42.0 Å². The summed E-state index contributed by atoms with van der Waals surface area (Å²) in [5.41, 5.74) is -0.0816. The largest absolute Gasteiger partial charge is 0.351 e. The van der Waals surface area contributed by atoms with Crippen LogP contribution < -0.4 is 5.32 Å². The summed E-state index contributed by atoms with van der Waals surface area (Å²) in [4.78, 5) is 11.7. The Bertz CT molecular complexity index is 217. The molecular weight excluding hydrogens is 290 g/mol. The molecule has 0 saturated heterocycles. The first-order valence-electron chi connectivity index (χ1n) is 7.39. The van der Waals surface area contributed by atoms with Gasteiger partial charge in [0.1, 0.15) is 0 Å². The fourth-order valence-electron chi connectivity index (χ4n) is 1.98. The van der Waals surface area contributed by atoms with Crippen LogP contribution in [0.5, 0.6) is 0 Å². The summed E-state index contributed by atoms with van der Waals surface area (Å²) in [5.74, 6) is 0.203. The van der Waals surface area contributed by atoms with Gasteiger partial charge in [0.15, 0.2) is 0 Å². The predicted octanol–water partition coefficient (Wildman–Crippen LogP) is 4.81. The number of alkyl halides is 1. The van der Waals surface area contributed by atoms with E-state index in [1.54, 1.807) is 0 Å². The highest BCUT2D eigenvalue weighted by molar-refractivity contribution is 9.09. The standard InChI is InChI=1S/C15H30BrNO/c1-4-5-6-7-8-9-10-11-14(18)17-15(2,3)12-13-16/h4-13H2,1-3H3,(H,17,18). The van der Waals surface area contributed by atoms with E-state index < -0.39 is 0 Å². The van der Waals surface area contributed by atoms with Crippen LogP contribution in [0.1, 0.15) is 78.6 Å². The second-order valence-corrected chi connectivity index (χ2v) is 6.54. The highest BCUT2D eigenvalue weighted by Gasteiger charge is 2.18. The van der Waals surface area contributed by atoms with Gasteiger partial charge in [0.2, 0.25) is 5.91 Å². The summed E-state index contributed by atoms with van der Waals surface area (Å²) in [6, 6.07) is 0. The highest BCUT2D eigenvalue weighted by atomic mass is 79.9. The number of amides is 1. The zero-order valence-electron chi connectivity index (χ0n) is 12.4. The van der Waals surface area contributed by atoms with Crippen molar-refractivity contribution in [2.24, 2.45) is 0 Å². The molecule has 0 aliphatic rings. The molecule has 0 aliphatic carbocycles. The molecule has 0 heterocycles. The van der Waals surface area contributed by atoms with Gasteiger partial charge >= 0.3 is 0 Å². The summed E-state index contributed by atoms with van der Waals surface area (Å²) in [7, 11) is 0. The number of carbonyl (C=O) groups is 1. The van der Waals surface area contributed by atoms with Crippen LogP contribution in [0.3, 0.4) is 0 Å². The van der Waals surface area contributed by atoms with E-state index in [1.807, 2.05) is 0 Å². The molecule has 0 atom stereocenters. The first-order valence-corrected chi connectivity index (χ1v) is 8.51. The van der Waals surface area contributed by atoms with Crippen molar-refractivity contribution in [1.29, 1.82) is 0 Å². The fourth-order valence-corrected chi connectivity index (χ4v) is 2.97. The van der Waals surface area contributed by atoms with Crippen LogP contribution in [0.2, 0.25) is 0 Å². The molecule has 2 nitrogen and oxygen atoms in total. The molecule has 0 bridgehead atoms. The maximum Gasteiger partial charge on any atom is 0.220 e. The van der Waals surface area contributed by atoms with Gasteiger partial charge in [0.25, 0.3) is 0 Å². The average molecular weight is 320 g/mol. The van der Waals surface area contributed by atoms with Gasteiger partial charge in [-0.15, -0.1) is 0 Å². The third-order valence-corrected chi connectivity index (χ3v) is 3.60. The third-order valence-electron chi connectivity index (χ3n) is 3.20. The van der Waals surface area contributed by atoms with Gasteiger partial charge < -0.3 is 5.32 Å². The van der Waals surface area contributed by atoms with Gasteiger partial charge in [-0.05, 0) is 26.7 Å². The van der Waals surface area contributed by atoms with Crippen molar-refractivity contribution in [2.45, 2.75) is 84.1 Å². The number of carbonyl (C=O) groups excluding carboxylic acids is 1. The second-order valence-electron chi connectivity index (χ2n) is 5.74. The summed E-state index contributed by atoms with van der Waals surface area (Å²) >= 11 is 3.42. The lowest BCUT2D eigenvalue weighted by Gasteiger charge is -2.25. The van der Waals surface area contributed by atoms with Crippen molar-refractivity contribution in [3.63, 3.8) is 0 Å². The molecular formula is C15H30BrNO.